The van der Waals surface area contributed by atoms with Crippen molar-refractivity contribution in [3.05, 3.63) is 39.8 Å². The molecule has 0 radical (unpaired) electrons. The molecule has 9 heteroatoms. The van der Waals surface area contributed by atoms with Crippen LogP contribution in [0.5, 0.6) is 0 Å². The second-order valence-electron chi connectivity index (χ2n) is 5.57. The number of halogens is 1. The maximum absolute atomic E-state index is 12.6. The minimum Gasteiger partial charge on any atom is -0.322 e. The van der Waals surface area contributed by atoms with Crippen LogP contribution in [0, 0.1) is 0 Å². The van der Waals surface area contributed by atoms with Gasteiger partial charge in [-0.25, -0.2) is 0 Å². The molecular weight excluding hydrogens is 422 g/mol. The molecule has 2 aliphatic heterocycles. The highest BCUT2D eigenvalue weighted by atomic mass is 79.9. The number of aliphatic imine (C=N–C) groups is 1. The van der Waals surface area contributed by atoms with Crippen molar-refractivity contribution in [3.8, 4) is 10.6 Å². The number of aromatic nitrogens is 2. The van der Waals surface area contributed by atoms with Crippen LogP contribution in [0.1, 0.15) is 6.42 Å². The van der Waals surface area contributed by atoms with E-state index in [2.05, 4.69) is 36.0 Å². The predicted molar refractivity (Wildman–Crippen MR) is 106 cm³/mol. The van der Waals surface area contributed by atoms with Crippen LogP contribution in [0.15, 0.2) is 44.8 Å². The van der Waals surface area contributed by atoms with E-state index in [1.807, 2.05) is 29.7 Å². The Labute approximate surface area is 161 Å². The van der Waals surface area contributed by atoms with E-state index in [-0.39, 0.29) is 5.91 Å². The summed E-state index contributed by atoms with van der Waals surface area (Å²) in [5.74, 6) is -0.00138. The number of amidine groups is 1. The van der Waals surface area contributed by atoms with Gasteiger partial charge in [0, 0.05) is 29.3 Å². The molecule has 128 valence electrons. The largest absolute Gasteiger partial charge is 0.322 e. The number of rotatable bonds is 4. The van der Waals surface area contributed by atoms with Gasteiger partial charge in [-0.15, -0.1) is 10.2 Å². The van der Waals surface area contributed by atoms with Gasteiger partial charge in [0.2, 0.25) is 11.0 Å². The Morgan fingerprint density at radius 2 is 2.12 bits per heavy atom. The van der Waals surface area contributed by atoms with Gasteiger partial charge in [-0.05, 0) is 17.5 Å². The number of fused-ring (bicyclic) bond motifs is 1. The van der Waals surface area contributed by atoms with Crippen LogP contribution in [0.4, 0.5) is 5.13 Å². The summed E-state index contributed by atoms with van der Waals surface area (Å²) in [7, 11) is 1.75. The maximum Gasteiger partial charge on any atom is 0.234 e. The SMILES string of the molecule is CN(C(=O)CC1=CSC2=NCCN12)c1nnc(-c2ccc(Br)cc2)s1. The minimum absolute atomic E-state index is 0.00138. The molecule has 0 saturated heterocycles. The monoisotopic (exact) mass is 435 g/mol. The van der Waals surface area contributed by atoms with Gasteiger partial charge in [0.15, 0.2) is 5.17 Å². The maximum atomic E-state index is 12.6. The number of amides is 1. The summed E-state index contributed by atoms with van der Waals surface area (Å²) in [5.41, 5.74) is 2.00. The first-order valence-electron chi connectivity index (χ1n) is 7.65. The first-order chi connectivity index (χ1) is 12.1. The van der Waals surface area contributed by atoms with Crippen LogP contribution in [0.25, 0.3) is 10.6 Å². The molecule has 0 unspecified atom stereocenters. The van der Waals surface area contributed by atoms with E-state index in [9.17, 15) is 4.79 Å². The van der Waals surface area contributed by atoms with Gasteiger partial charge in [0.05, 0.1) is 13.0 Å². The summed E-state index contributed by atoms with van der Waals surface area (Å²) in [4.78, 5) is 20.7. The van der Waals surface area contributed by atoms with Crippen LogP contribution in [-0.4, -0.2) is 46.3 Å². The summed E-state index contributed by atoms with van der Waals surface area (Å²) in [6, 6.07) is 7.88. The molecule has 0 spiro atoms. The quantitative estimate of drug-likeness (QED) is 0.734. The molecule has 0 bridgehead atoms. The third-order valence-corrected chi connectivity index (χ3v) is 6.48. The predicted octanol–water partition coefficient (Wildman–Crippen LogP) is 3.58. The number of carbonyl (C=O) groups excluding carboxylic acids is 1. The van der Waals surface area contributed by atoms with Crippen molar-refractivity contribution in [1.82, 2.24) is 15.1 Å². The van der Waals surface area contributed by atoms with Crippen LogP contribution in [-0.2, 0) is 4.79 Å². The highest BCUT2D eigenvalue weighted by Crippen LogP contribution is 2.33. The zero-order valence-electron chi connectivity index (χ0n) is 13.3. The standard InChI is InChI=1S/C16H14BrN5OS2/c1-21(13(23)8-12-9-24-15-18-6-7-22(12)15)16-20-19-14(25-16)10-2-4-11(17)5-3-10/h2-5,9H,6-8H2,1H3. The Hall–Kier alpha value is -1.71. The summed E-state index contributed by atoms with van der Waals surface area (Å²) < 4.78 is 1.01. The van der Waals surface area contributed by atoms with Gasteiger partial charge in [0.1, 0.15) is 5.01 Å². The fourth-order valence-corrected chi connectivity index (χ4v) is 4.60. The van der Waals surface area contributed by atoms with Crippen molar-refractivity contribution >= 4 is 55.2 Å². The lowest BCUT2D eigenvalue weighted by atomic mass is 10.2. The van der Waals surface area contributed by atoms with Gasteiger partial charge in [-0.3, -0.25) is 14.7 Å². The summed E-state index contributed by atoms with van der Waals surface area (Å²) in [6.07, 6.45) is 0.343. The molecule has 1 aromatic carbocycles. The number of thioether (sulfide) groups is 1. The van der Waals surface area contributed by atoms with Crippen LogP contribution in [0.2, 0.25) is 0 Å². The highest BCUT2D eigenvalue weighted by molar-refractivity contribution is 9.10. The van der Waals surface area contributed by atoms with Gasteiger partial charge >= 0.3 is 0 Å². The van der Waals surface area contributed by atoms with E-state index in [0.717, 1.165) is 39.0 Å². The zero-order valence-corrected chi connectivity index (χ0v) is 16.6. The molecule has 25 heavy (non-hydrogen) atoms. The Kier molecular flexibility index (Phi) is 4.61. The Morgan fingerprint density at radius 1 is 1.32 bits per heavy atom. The molecule has 6 nitrogen and oxygen atoms in total. The van der Waals surface area contributed by atoms with E-state index in [1.165, 1.54) is 11.3 Å². The Bertz CT molecular complexity index is 877. The van der Waals surface area contributed by atoms with Gasteiger partial charge in [-0.2, -0.15) is 0 Å². The van der Waals surface area contributed by atoms with Crippen molar-refractivity contribution in [1.29, 1.82) is 0 Å². The second-order valence-corrected chi connectivity index (χ2v) is 8.28. The molecular formula is C16H14BrN5OS2. The second kappa shape index (κ2) is 6.89. The van der Waals surface area contributed by atoms with Gasteiger partial charge in [-0.1, -0.05) is 51.2 Å². The van der Waals surface area contributed by atoms with Gasteiger partial charge in [0.25, 0.3) is 0 Å². The molecule has 0 aliphatic carbocycles. The fraction of sp³-hybridized carbons (Fsp3) is 0.250. The summed E-state index contributed by atoms with van der Waals surface area (Å²) in [5, 5.41) is 12.8. The third kappa shape index (κ3) is 3.36. The average Bonchev–Trinajstić information content (AvgIpc) is 3.33. The number of hydrogen-bond acceptors (Lipinski definition) is 7. The molecule has 2 aromatic rings. The topological polar surface area (TPSA) is 61.7 Å². The summed E-state index contributed by atoms with van der Waals surface area (Å²) in [6.45, 7) is 1.66. The van der Waals surface area contributed by atoms with Crippen molar-refractivity contribution in [2.75, 3.05) is 25.0 Å². The van der Waals surface area contributed by atoms with Crippen LogP contribution >= 0.6 is 39.0 Å². The fourth-order valence-electron chi connectivity index (χ4n) is 2.56. The molecule has 3 heterocycles. The molecule has 0 fully saturated rings. The lowest BCUT2D eigenvalue weighted by molar-refractivity contribution is -0.117. The van der Waals surface area contributed by atoms with E-state index in [0.29, 0.717) is 11.6 Å². The molecule has 0 N–H and O–H groups in total. The Morgan fingerprint density at radius 3 is 2.92 bits per heavy atom. The zero-order chi connectivity index (χ0) is 17.4. The number of nitrogens with zero attached hydrogens (tertiary/aromatic N) is 5. The lowest BCUT2D eigenvalue weighted by Gasteiger charge is -2.18. The third-order valence-electron chi connectivity index (χ3n) is 3.95. The first kappa shape index (κ1) is 16.7. The Balaban J connectivity index is 1.46. The number of benzene rings is 1. The smallest absolute Gasteiger partial charge is 0.234 e. The van der Waals surface area contributed by atoms with Crippen molar-refractivity contribution in [2.45, 2.75) is 6.42 Å². The van der Waals surface area contributed by atoms with Crippen molar-refractivity contribution in [2.24, 2.45) is 4.99 Å². The molecule has 0 atom stereocenters. The highest BCUT2D eigenvalue weighted by Gasteiger charge is 2.28. The molecule has 1 aromatic heterocycles. The normalized spacial score (nSPS) is 15.8. The first-order valence-corrected chi connectivity index (χ1v) is 10.1. The van der Waals surface area contributed by atoms with E-state index in [1.54, 1.807) is 23.7 Å². The molecule has 2 aliphatic rings. The van der Waals surface area contributed by atoms with Crippen LogP contribution in [0.3, 0.4) is 0 Å². The molecule has 1 amide bonds. The number of carbonyl (C=O) groups is 1. The van der Waals surface area contributed by atoms with Crippen molar-refractivity contribution < 1.29 is 4.79 Å². The van der Waals surface area contributed by atoms with Gasteiger partial charge < -0.3 is 4.90 Å². The lowest BCUT2D eigenvalue weighted by Crippen LogP contribution is -2.30. The van der Waals surface area contributed by atoms with E-state index < -0.39 is 0 Å². The minimum atomic E-state index is -0.00138. The molecule has 4 rings (SSSR count). The van der Waals surface area contributed by atoms with E-state index in [4.69, 9.17) is 0 Å². The summed E-state index contributed by atoms with van der Waals surface area (Å²) >= 11 is 6.42. The number of hydrogen-bond donors (Lipinski definition) is 0. The molecule has 0 saturated carbocycles. The average molecular weight is 436 g/mol. The van der Waals surface area contributed by atoms with Crippen molar-refractivity contribution in [3.63, 3.8) is 0 Å². The van der Waals surface area contributed by atoms with E-state index >= 15 is 0 Å². The number of anilines is 1. The van der Waals surface area contributed by atoms with Crippen LogP contribution < -0.4 is 4.90 Å².